The summed E-state index contributed by atoms with van der Waals surface area (Å²) in [5, 5.41) is 3.93. The van der Waals surface area contributed by atoms with Crippen molar-refractivity contribution in [3.05, 3.63) is 65.8 Å². The average molecular weight is 349 g/mol. The van der Waals surface area contributed by atoms with E-state index < -0.39 is 0 Å². The number of fused-ring (bicyclic) bond motifs is 1. The van der Waals surface area contributed by atoms with Gasteiger partial charge in [0.15, 0.2) is 0 Å². The second kappa shape index (κ2) is 6.57. The second-order valence-corrected chi connectivity index (χ2v) is 6.22. The van der Waals surface area contributed by atoms with Crippen LogP contribution in [-0.4, -0.2) is 21.5 Å². The molecule has 0 unspecified atom stereocenters. The summed E-state index contributed by atoms with van der Waals surface area (Å²) in [7, 11) is 0. The first-order valence-electron chi connectivity index (χ1n) is 8.19. The van der Waals surface area contributed by atoms with Crippen molar-refractivity contribution in [1.29, 1.82) is 0 Å². The Balaban J connectivity index is 1.65. The predicted molar refractivity (Wildman–Crippen MR) is 104 cm³/mol. The van der Waals surface area contributed by atoms with Crippen LogP contribution in [0, 0.1) is 0 Å². The van der Waals surface area contributed by atoms with Gasteiger partial charge in [-0.15, -0.1) is 0 Å². The van der Waals surface area contributed by atoms with E-state index in [2.05, 4.69) is 32.4 Å². The molecule has 0 bridgehead atoms. The Bertz CT molecular complexity index is 1000. The van der Waals surface area contributed by atoms with Crippen molar-refractivity contribution in [3.8, 4) is 22.4 Å². The normalized spacial score (nSPS) is 11.0. The molecule has 0 amide bonds. The van der Waals surface area contributed by atoms with E-state index in [1.807, 2.05) is 55.6 Å². The van der Waals surface area contributed by atoms with Crippen molar-refractivity contribution in [1.82, 2.24) is 15.0 Å². The quantitative estimate of drug-likeness (QED) is 0.520. The van der Waals surface area contributed by atoms with Gasteiger partial charge in [-0.25, -0.2) is 4.98 Å². The molecular formula is C20H17ClN4. The number of pyridine rings is 1. The number of hydrogen-bond donors (Lipinski definition) is 2. The number of H-pyrrole nitrogens is 1. The summed E-state index contributed by atoms with van der Waals surface area (Å²) in [6, 6.07) is 18.0. The largest absolute Gasteiger partial charge is 0.356 e. The Hall–Kier alpha value is -2.85. The van der Waals surface area contributed by atoms with Crippen LogP contribution in [0.1, 0.15) is 6.92 Å². The van der Waals surface area contributed by atoms with Gasteiger partial charge < -0.3 is 10.3 Å². The molecule has 2 heterocycles. The summed E-state index contributed by atoms with van der Waals surface area (Å²) in [5.74, 6) is 0.792. The average Bonchev–Trinajstić information content (AvgIpc) is 3.04. The molecule has 0 aliphatic carbocycles. The van der Waals surface area contributed by atoms with Crippen LogP contribution >= 0.6 is 11.6 Å². The third kappa shape index (κ3) is 3.21. The molecule has 25 heavy (non-hydrogen) atoms. The summed E-state index contributed by atoms with van der Waals surface area (Å²) >= 11 is 5.95. The first-order valence-corrected chi connectivity index (χ1v) is 8.57. The maximum absolute atomic E-state index is 5.95. The van der Waals surface area contributed by atoms with E-state index in [0.717, 1.165) is 50.9 Å². The fourth-order valence-corrected chi connectivity index (χ4v) is 2.92. The molecule has 0 saturated carbocycles. The Morgan fingerprint density at radius 1 is 0.960 bits per heavy atom. The number of nitrogens with one attached hydrogen (secondary N) is 2. The van der Waals surface area contributed by atoms with E-state index in [-0.39, 0.29) is 0 Å². The number of anilines is 1. The Morgan fingerprint density at radius 2 is 1.72 bits per heavy atom. The van der Waals surface area contributed by atoms with E-state index in [0.29, 0.717) is 0 Å². The van der Waals surface area contributed by atoms with Gasteiger partial charge in [0.25, 0.3) is 0 Å². The van der Waals surface area contributed by atoms with Crippen LogP contribution in [0.3, 0.4) is 0 Å². The molecule has 4 nitrogen and oxygen atoms in total. The standard InChI is InChI=1S/C20H17ClN4/c1-2-22-20-24-18-10-5-14(11-19(18)25-20)17-9-6-15(12-23-17)13-3-7-16(21)8-4-13/h3-12H,2H2,1H3,(H2,22,24,25). The van der Waals surface area contributed by atoms with E-state index in [9.17, 15) is 0 Å². The molecule has 2 N–H and O–H groups in total. The number of aromatic amines is 1. The fraction of sp³-hybridized carbons (Fsp3) is 0.100. The molecule has 0 aliphatic heterocycles. The molecule has 0 fully saturated rings. The minimum absolute atomic E-state index is 0.734. The van der Waals surface area contributed by atoms with E-state index in [1.54, 1.807) is 0 Å². The molecule has 0 saturated heterocycles. The Labute approximate surface area is 150 Å². The van der Waals surface area contributed by atoms with Crippen LogP contribution in [0.2, 0.25) is 5.02 Å². The second-order valence-electron chi connectivity index (χ2n) is 5.79. The number of rotatable bonds is 4. The molecule has 0 aliphatic rings. The molecule has 0 atom stereocenters. The molecule has 2 aromatic heterocycles. The van der Waals surface area contributed by atoms with Crippen molar-refractivity contribution in [3.63, 3.8) is 0 Å². The van der Waals surface area contributed by atoms with Gasteiger partial charge in [0.2, 0.25) is 5.95 Å². The van der Waals surface area contributed by atoms with Gasteiger partial charge in [-0.1, -0.05) is 35.9 Å². The third-order valence-electron chi connectivity index (χ3n) is 4.06. The highest BCUT2D eigenvalue weighted by Gasteiger charge is 2.06. The zero-order valence-electron chi connectivity index (χ0n) is 13.8. The van der Waals surface area contributed by atoms with Crippen LogP contribution in [-0.2, 0) is 0 Å². The number of aromatic nitrogens is 3. The van der Waals surface area contributed by atoms with Crippen molar-refractivity contribution in [2.24, 2.45) is 0 Å². The summed E-state index contributed by atoms with van der Waals surface area (Å²) in [6.07, 6.45) is 1.89. The summed E-state index contributed by atoms with van der Waals surface area (Å²) < 4.78 is 0. The topological polar surface area (TPSA) is 53.6 Å². The minimum atomic E-state index is 0.734. The lowest BCUT2D eigenvalue weighted by Gasteiger charge is -2.04. The lowest BCUT2D eigenvalue weighted by Crippen LogP contribution is -1.97. The SMILES string of the molecule is CCNc1nc2ccc(-c3ccc(-c4ccc(Cl)cc4)cn3)cc2[nH]1. The van der Waals surface area contributed by atoms with Gasteiger partial charge in [0, 0.05) is 28.9 Å². The van der Waals surface area contributed by atoms with Gasteiger partial charge in [-0.3, -0.25) is 4.98 Å². The van der Waals surface area contributed by atoms with E-state index in [1.165, 1.54) is 0 Å². The number of benzene rings is 2. The lowest BCUT2D eigenvalue weighted by molar-refractivity contribution is 1.14. The smallest absolute Gasteiger partial charge is 0.201 e. The lowest BCUT2D eigenvalue weighted by atomic mass is 10.1. The van der Waals surface area contributed by atoms with Crippen molar-refractivity contribution < 1.29 is 0 Å². The number of nitrogens with zero attached hydrogens (tertiary/aromatic N) is 2. The molecule has 4 aromatic rings. The number of imidazole rings is 1. The molecular weight excluding hydrogens is 332 g/mol. The van der Waals surface area contributed by atoms with E-state index in [4.69, 9.17) is 11.6 Å². The van der Waals surface area contributed by atoms with Crippen molar-refractivity contribution in [2.75, 3.05) is 11.9 Å². The predicted octanol–water partition coefficient (Wildman–Crippen LogP) is 5.38. The highest BCUT2D eigenvalue weighted by atomic mass is 35.5. The zero-order chi connectivity index (χ0) is 17.2. The highest BCUT2D eigenvalue weighted by molar-refractivity contribution is 6.30. The van der Waals surface area contributed by atoms with E-state index >= 15 is 0 Å². The summed E-state index contributed by atoms with van der Waals surface area (Å²) in [4.78, 5) is 12.4. The molecule has 0 radical (unpaired) electrons. The molecule has 5 heteroatoms. The van der Waals surface area contributed by atoms with Crippen LogP contribution in [0.15, 0.2) is 60.8 Å². The molecule has 4 rings (SSSR count). The Morgan fingerprint density at radius 3 is 2.44 bits per heavy atom. The van der Waals surface area contributed by atoms with Crippen molar-refractivity contribution >= 4 is 28.6 Å². The van der Waals surface area contributed by atoms with Crippen molar-refractivity contribution in [2.45, 2.75) is 6.92 Å². The molecule has 0 spiro atoms. The Kier molecular flexibility index (Phi) is 4.12. The monoisotopic (exact) mass is 348 g/mol. The third-order valence-corrected chi connectivity index (χ3v) is 4.31. The van der Waals surface area contributed by atoms with Gasteiger partial charge >= 0.3 is 0 Å². The fourth-order valence-electron chi connectivity index (χ4n) is 2.80. The number of halogens is 1. The summed E-state index contributed by atoms with van der Waals surface area (Å²) in [5.41, 5.74) is 6.09. The van der Waals surface area contributed by atoms with Gasteiger partial charge in [-0.05, 0) is 42.8 Å². The van der Waals surface area contributed by atoms with Gasteiger partial charge in [0.05, 0.1) is 16.7 Å². The first kappa shape index (κ1) is 15.7. The highest BCUT2D eigenvalue weighted by Crippen LogP contribution is 2.26. The molecule has 124 valence electrons. The van der Waals surface area contributed by atoms with Gasteiger partial charge in [0.1, 0.15) is 0 Å². The van der Waals surface area contributed by atoms with Crippen LogP contribution < -0.4 is 5.32 Å². The minimum Gasteiger partial charge on any atom is -0.356 e. The maximum atomic E-state index is 5.95. The zero-order valence-corrected chi connectivity index (χ0v) is 14.5. The number of hydrogen-bond acceptors (Lipinski definition) is 3. The van der Waals surface area contributed by atoms with Crippen LogP contribution in [0.4, 0.5) is 5.95 Å². The van der Waals surface area contributed by atoms with Crippen LogP contribution in [0.5, 0.6) is 0 Å². The first-order chi connectivity index (χ1) is 12.2. The maximum Gasteiger partial charge on any atom is 0.201 e. The summed E-state index contributed by atoms with van der Waals surface area (Å²) in [6.45, 7) is 2.88. The van der Waals surface area contributed by atoms with Gasteiger partial charge in [-0.2, -0.15) is 0 Å². The molecule has 2 aromatic carbocycles. The van der Waals surface area contributed by atoms with Crippen LogP contribution in [0.25, 0.3) is 33.4 Å².